The monoisotopic (exact) mass is 313 g/mol. The second-order valence-corrected chi connectivity index (χ2v) is 7.65. The fraction of sp³-hybridized carbons (Fsp3) is 0.643. The van der Waals surface area contributed by atoms with Gasteiger partial charge >= 0.3 is 0 Å². The molecule has 118 valence electrons. The highest BCUT2D eigenvalue weighted by Crippen LogP contribution is 2.27. The number of aromatic nitrogens is 1. The quantitative estimate of drug-likeness (QED) is 0.850. The van der Waals surface area contributed by atoms with Crippen molar-refractivity contribution >= 4 is 15.8 Å². The van der Waals surface area contributed by atoms with Gasteiger partial charge in [-0.1, -0.05) is 0 Å². The Kier molecular flexibility index (Phi) is 5.18. The van der Waals surface area contributed by atoms with Gasteiger partial charge in [0.25, 0.3) is 0 Å². The lowest BCUT2D eigenvalue weighted by Crippen LogP contribution is -2.30. The van der Waals surface area contributed by atoms with Gasteiger partial charge in [0.05, 0.1) is 0 Å². The Morgan fingerprint density at radius 2 is 2.19 bits per heavy atom. The van der Waals surface area contributed by atoms with E-state index in [0.29, 0.717) is 6.04 Å². The minimum absolute atomic E-state index is 0.206. The minimum atomic E-state index is -3.43. The molecule has 1 aliphatic rings. The summed E-state index contributed by atoms with van der Waals surface area (Å²) in [5.41, 5.74) is 0. The van der Waals surface area contributed by atoms with E-state index in [4.69, 9.17) is 5.11 Å². The molecule has 7 heteroatoms. The molecule has 0 saturated carbocycles. The molecular weight excluding hydrogens is 290 g/mol. The number of hydrogen-bond acceptors (Lipinski definition) is 5. The number of sulfonamides is 1. The number of nitrogens with zero attached hydrogens (tertiary/aromatic N) is 3. The van der Waals surface area contributed by atoms with Crippen LogP contribution >= 0.6 is 0 Å². The zero-order chi connectivity index (χ0) is 15.5. The van der Waals surface area contributed by atoms with Gasteiger partial charge in [-0.25, -0.2) is 17.7 Å². The number of aliphatic hydroxyl groups excluding tert-OH is 1. The lowest BCUT2D eigenvalue weighted by atomic mass is 10.1. The van der Waals surface area contributed by atoms with E-state index < -0.39 is 10.0 Å². The minimum Gasteiger partial charge on any atom is -0.396 e. The van der Waals surface area contributed by atoms with Crippen molar-refractivity contribution in [3.05, 3.63) is 18.3 Å². The van der Waals surface area contributed by atoms with Gasteiger partial charge in [-0.15, -0.1) is 0 Å². The number of rotatable bonds is 6. The van der Waals surface area contributed by atoms with E-state index in [-0.39, 0.29) is 11.5 Å². The summed E-state index contributed by atoms with van der Waals surface area (Å²) in [7, 11) is -0.408. The van der Waals surface area contributed by atoms with E-state index in [1.54, 1.807) is 12.1 Å². The van der Waals surface area contributed by atoms with Crippen molar-refractivity contribution < 1.29 is 13.5 Å². The number of hydrogen-bond donors (Lipinski definition) is 1. The van der Waals surface area contributed by atoms with Crippen LogP contribution in [0.1, 0.15) is 25.7 Å². The lowest BCUT2D eigenvalue weighted by molar-refractivity contribution is 0.279. The summed E-state index contributed by atoms with van der Waals surface area (Å²) in [5.74, 6) is 0.813. The molecular formula is C14H23N3O3S. The van der Waals surface area contributed by atoms with Crippen molar-refractivity contribution in [3.63, 3.8) is 0 Å². The van der Waals surface area contributed by atoms with Crippen molar-refractivity contribution in [1.29, 1.82) is 0 Å². The van der Waals surface area contributed by atoms with Gasteiger partial charge in [-0.3, -0.25) is 0 Å². The van der Waals surface area contributed by atoms with Crippen LogP contribution in [0.5, 0.6) is 0 Å². The Hall–Kier alpha value is -1.18. The predicted molar refractivity (Wildman–Crippen MR) is 81.8 cm³/mol. The average Bonchev–Trinajstić information content (AvgIpc) is 2.93. The summed E-state index contributed by atoms with van der Waals surface area (Å²) in [6, 6.07) is 3.77. The first kappa shape index (κ1) is 16.2. The van der Waals surface area contributed by atoms with Gasteiger partial charge < -0.3 is 10.0 Å². The topological polar surface area (TPSA) is 73.7 Å². The number of aliphatic hydroxyl groups is 1. The smallest absolute Gasteiger partial charge is 0.244 e. The molecule has 1 aromatic rings. The summed E-state index contributed by atoms with van der Waals surface area (Å²) in [6.07, 6.45) is 5.35. The molecule has 1 aromatic heterocycles. The molecule has 21 heavy (non-hydrogen) atoms. The molecule has 2 rings (SSSR count). The normalized spacial score (nSPS) is 19.4. The van der Waals surface area contributed by atoms with Crippen LogP contribution in [0.4, 0.5) is 5.82 Å². The Morgan fingerprint density at radius 1 is 1.43 bits per heavy atom. The van der Waals surface area contributed by atoms with Gasteiger partial charge in [-0.05, 0) is 37.8 Å². The summed E-state index contributed by atoms with van der Waals surface area (Å²) in [6.45, 7) is 1.14. The summed E-state index contributed by atoms with van der Waals surface area (Å²) in [5, 5.41) is 8.96. The Morgan fingerprint density at radius 3 is 2.76 bits per heavy atom. The standard InChI is InChI=1S/C14H23N3O3S/c1-16(2)21(19,20)13-7-8-14(15-11-13)17-9-3-5-12(17)6-4-10-18/h7-8,11-12,18H,3-6,9-10H2,1-2H3. The molecule has 1 unspecified atom stereocenters. The van der Waals surface area contributed by atoms with Crippen LogP contribution in [0.15, 0.2) is 23.2 Å². The third-order valence-corrected chi connectivity index (χ3v) is 5.66. The third-order valence-electron chi connectivity index (χ3n) is 3.87. The molecule has 1 aliphatic heterocycles. The van der Waals surface area contributed by atoms with E-state index in [0.717, 1.165) is 38.0 Å². The molecule has 1 fully saturated rings. The van der Waals surface area contributed by atoms with Gasteiger partial charge in [0.15, 0.2) is 0 Å². The Labute approximate surface area is 126 Å². The second-order valence-electron chi connectivity index (χ2n) is 5.49. The number of pyridine rings is 1. The van der Waals surface area contributed by atoms with E-state index in [1.165, 1.54) is 24.6 Å². The maximum absolute atomic E-state index is 12.0. The molecule has 1 atom stereocenters. The predicted octanol–water partition coefficient (Wildman–Crippen LogP) is 1.07. The van der Waals surface area contributed by atoms with Crippen LogP contribution in [0.25, 0.3) is 0 Å². The summed E-state index contributed by atoms with van der Waals surface area (Å²) < 4.78 is 25.2. The van der Waals surface area contributed by atoms with Crippen LogP contribution in [-0.2, 0) is 10.0 Å². The molecule has 0 bridgehead atoms. The van der Waals surface area contributed by atoms with E-state index in [9.17, 15) is 8.42 Å². The van der Waals surface area contributed by atoms with Crippen LogP contribution in [0.2, 0.25) is 0 Å². The molecule has 1 saturated heterocycles. The molecule has 0 amide bonds. The molecule has 0 aromatic carbocycles. The maximum atomic E-state index is 12.0. The fourth-order valence-corrected chi connectivity index (χ4v) is 3.52. The van der Waals surface area contributed by atoms with E-state index >= 15 is 0 Å². The summed E-state index contributed by atoms with van der Waals surface area (Å²) in [4.78, 5) is 6.75. The van der Waals surface area contributed by atoms with Crippen LogP contribution < -0.4 is 4.90 Å². The highest BCUT2D eigenvalue weighted by Gasteiger charge is 2.25. The van der Waals surface area contributed by atoms with Crippen LogP contribution in [0.3, 0.4) is 0 Å². The van der Waals surface area contributed by atoms with Crippen molar-refractivity contribution in [2.75, 3.05) is 32.1 Å². The molecule has 0 spiro atoms. The van der Waals surface area contributed by atoms with Gasteiger partial charge in [0, 0.05) is 39.5 Å². The van der Waals surface area contributed by atoms with Crippen LogP contribution in [0, 0.1) is 0 Å². The van der Waals surface area contributed by atoms with Crippen LogP contribution in [-0.4, -0.2) is 56.1 Å². The van der Waals surface area contributed by atoms with E-state index in [1.807, 2.05) is 0 Å². The Bertz CT molecular complexity index is 557. The van der Waals surface area contributed by atoms with Crippen molar-refractivity contribution in [1.82, 2.24) is 9.29 Å². The third kappa shape index (κ3) is 3.53. The van der Waals surface area contributed by atoms with Gasteiger partial charge in [0.2, 0.25) is 10.0 Å². The molecule has 6 nitrogen and oxygen atoms in total. The first-order valence-corrected chi connectivity index (χ1v) is 8.67. The second kappa shape index (κ2) is 6.72. The largest absolute Gasteiger partial charge is 0.396 e. The molecule has 2 heterocycles. The van der Waals surface area contributed by atoms with Gasteiger partial charge in [0.1, 0.15) is 10.7 Å². The Balaban J connectivity index is 2.15. The molecule has 0 radical (unpaired) electrons. The van der Waals surface area contributed by atoms with Crippen molar-refractivity contribution in [2.45, 2.75) is 36.6 Å². The average molecular weight is 313 g/mol. The fourth-order valence-electron chi connectivity index (χ4n) is 2.67. The van der Waals surface area contributed by atoms with Gasteiger partial charge in [-0.2, -0.15) is 0 Å². The first-order valence-electron chi connectivity index (χ1n) is 7.23. The van der Waals surface area contributed by atoms with Crippen molar-refractivity contribution in [2.24, 2.45) is 0 Å². The lowest BCUT2D eigenvalue weighted by Gasteiger charge is -2.25. The van der Waals surface area contributed by atoms with Crippen molar-refractivity contribution in [3.8, 4) is 0 Å². The molecule has 1 N–H and O–H groups in total. The molecule has 0 aliphatic carbocycles. The highest BCUT2D eigenvalue weighted by atomic mass is 32.2. The number of anilines is 1. The highest BCUT2D eigenvalue weighted by molar-refractivity contribution is 7.89. The zero-order valence-electron chi connectivity index (χ0n) is 12.6. The SMILES string of the molecule is CN(C)S(=O)(=O)c1ccc(N2CCCC2CCCO)nc1. The summed E-state index contributed by atoms with van der Waals surface area (Å²) >= 11 is 0. The maximum Gasteiger partial charge on any atom is 0.244 e. The zero-order valence-corrected chi connectivity index (χ0v) is 13.4. The first-order chi connectivity index (χ1) is 9.96. The van der Waals surface area contributed by atoms with E-state index in [2.05, 4.69) is 9.88 Å².